The number of aliphatic hydroxyl groups excluding tert-OH is 1. The van der Waals surface area contributed by atoms with Crippen LogP contribution in [0.3, 0.4) is 0 Å². The maximum atomic E-state index is 14.5. The summed E-state index contributed by atoms with van der Waals surface area (Å²) < 4.78 is 20.0. The van der Waals surface area contributed by atoms with Gasteiger partial charge in [-0.25, -0.2) is 14.4 Å². The van der Waals surface area contributed by atoms with Gasteiger partial charge in [0.2, 0.25) is 5.91 Å². The van der Waals surface area contributed by atoms with Gasteiger partial charge in [-0.05, 0) is 38.1 Å². The first-order valence-electron chi connectivity index (χ1n) is 10.5. The Hall–Kier alpha value is -3.01. The van der Waals surface area contributed by atoms with Gasteiger partial charge in [-0.2, -0.15) is 0 Å². The van der Waals surface area contributed by atoms with Crippen molar-refractivity contribution in [2.24, 2.45) is 5.73 Å². The summed E-state index contributed by atoms with van der Waals surface area (Å²) in [4.78, 5) is 22.8. The number of anilines is 2. The van der Waals surface area contributed by atoms with E-state index in [1.54, 1.807) is 32.4 Å². The van der Waals surface area contributed by atoms with E-state index in [2.05, 4.69) is 15.3 Å². The number of nitrogens with one attached hydrogen (secondary N) is 1. The fourth-order valence-corrected chi connectivity index (χ4v) is 4.61. The van der Waals surface area contributed by atoms with Crippen molar-refractivity contribution < 1.29 is 19.0 Å². The largest absolute Gasteiger partial charge is 0.496 e. The molecule has 1 aromatic heterocycles. The predicted octanol–water partition coefficient (Wildman–Crippen LogP) is 3.38. The van der Waals surface area contributed by atoms with Gasteiger partial charge in [0, 0.05) is 30.0 Å². The van der Waals surface area contributed by atoms with Crippen LogP contribution in [-0.2, 0) is 11.3 Å². The fourth-order valence-electron chi connectivity index (χ4n) is 4.43. The number of ether oxygens (including phenoxy) is 1. The van der Waals surface area contributed by atoms with Crippen LogP contribution in [0.2, 0.25) is 5.02 Å². The molecule has 1 aliphatic rings. The number of primary amides is 1. The van der Waals surface area contributed by atoms with Gasteiger partial charge in [0.25, 0.3) is 0 Å². The molecule has 0 aliphatic heterocycles. The quantitative estimate of drug-likeness (QED) is 0.482. The third-order valence-corrected chi connectivity index (χ3v) is 6.60. The van der Waals surface area contributed by atoms with Crippen molar-refractivity contribution >= 4 is 39.9 Å². The number of halogens is 2. The van der Waals surface area contributed by atoms with Gasteiger partial charge >= 0.3 is 0 Å². The Bertz CT molecular complexity index is 1210. The molecule has 4 rings (SSSR count). The highest BCUT2D eigenvalue weighted by Gasteiger charge is 2.46. The lowest BCUT2D eigenvalue weighted by atomic mass is 9.93. The van der Waals surface area contributed by atoms with E-state index in [0.29, 0.717) is 41.9 Å². The number of aliphatic hydroxyl groups is 1. The summed E-state index contributed by atoms with van der Waals surface area (Å²) in [5.74, 6) is -0.0780. The minimum absolute atomic E-state index is 0.00199. The van der Waals surface area contributed by atoms with Crippen molar-refractivity contribution in [3.05, 3.63) is 53.1 Å². The van der Waals surface area contributed by atoms with Crippen LogP contribution in [0.5, 0.6) is 5.75 Å². The zero-order valence-corrected chi connectivity index (χ0v) is 19.1. The topological polar surface area (TPSA) is 114 Å². The van der Waals surface area contributed by atoms with Crippen LogP contribution in [0.1, 0.15) is 24.8 Å². The smallest absolute Gasteiger partial charge is 0.238 e. The van der Waals surface area contributed by atoms with Crippen LogP contribution in [0, 0.1) is 5.82 Å². The van der Waals surface area contributed by atoms with E-state index in [0.717, 1.165) is 5.56 Å². The summed E-state index contributed by atoms with van der Waals surface area (Å²) in [5.41, 5.74) is 6.35. The molecular weight excluding hydrogens is 449 g/mol. The molecule has 10 heteroatoms. The van der Waals surface area contributed by atoms with Crippen molar-refractivity contribution in [2.45, 2.75) is 37.5 Å². The molecule has 1 fully saturated rings. The van der Waals surface area contributed by atoms with Gasteiger partial charge in [0.1, 0.15) is 23.4 Å². The number of rotatable bonds is 7. The molecule has 0 radical (unpaired) electrons. The Kier molecular flexibility index (Phi) is 6.38. The highest BCUT2D eigenvalue weighted by molar-refractivity contribution is 6.31. The monoisotopic (exact) mass is 473 g/mol. The van der Waals surface area contributed by atoms with E-state index in [1.165, 1.54) is 12.4 Å². The maximum Gasteiger partial charge on any atom is 0.238 e. The molecule has 0 spiro atoms. The second-order valence-corrected chi connectivity index (χ2v) is 8.69. The Morgan fingerprint density at radius 1 is 1.42 bits per heavy atom. The second kappa shape index (κ2) is 9.09. The molecule has 0 saturated heterocycles. The predicted molar refractivity (Wildman–Crippen MR) is 124 cm³/mol. The van der Waals surface area contributed by atoms with E-state index in [4.69, 9.17) is 22.1 Å². The van der Waals surface area contributed by atoms with Crippen LogP contribution in [0.25, 0.3) is 10.9 Å². The molecule has 174 valence electrons. The van der Waals surface area contributed by atoms with Gasteiger partial charge in [-0.1, -0.05) is 17.7 Å². The van der Waals surface area contributed by atoms with Crippen LogP contribution in [0.4, 0.5) is 15.9 Å². The molecule has 2 aromatic carbocycles. The summed E-state index contributed by atoms with van der Waals surface area (Å²) in [6, 6.07) is 8.28. The second-order valence-electron chi connectivity index (χ2n) is 8.28. The number of amides is 1. The van der Waals surface area contributed by atoms with Crippen molar-refractivity contribution in [2.75, 3.05) is 19.5 Å². The normalized spacial score (nSPS) is 20.4. The van der Waals surface area contributed by atoms with Gasteiger partial charge in [-0.15, -0.1) is 0 Å². The Morgan fingerprint density at radius 2 is 2.21 bits per heavy atom. The molecule has 2 atom stereocenters. The number of benzene rings is 2. The van der Waals surface area contributed by atoms with Crippen LogP contribution >= 0.6 is 11.6 Å². The van der Waals surface area contributed by atoms with Gasteiger partial charge in [0.15, 0.2) is 5.82 Å². The standard InChI is InChI=1S/C23H25ClFN5O3/c1-30(23(22(26)32)7-6-14(31)10-23)11-13-8-15-18(9-19(13)33-2)27-12-28-21(15)29-17-5-3-4-16(24)20(17)25/h3-5,8-9,12,14,31H,6-7,10-11H2,1-2H3,(H2,26,32)(H,27,28,29)/t14-,23?/m1/s1. The molecule has 1 aliphatic carbocycles. The molecule has 1 saturated carbocycles. The highest BCUT2D eigenvalue weighted by Crippen LogP contribution is 2.38. The average Bonchev–Trinajstić information content (AvgIpc) is 3.20. The summed E-state index contributed by atoms with van der Waals surface area (Å²) >= 11 is 5.91. The molecule has 1 unspecified atom stereocenters. The minimum Gasteiger partial charge on any atom is -0.496 e. The number of nitrogens with zero attached hydrogens (tertiary/aromatic N) is 3. The summed E-state index contributed by atoms with van der Waals surface area (Å²) in [5, 5.41) is 13.7. The van der Waals surface area contributed by atoms with Crippen molar-refractivity contribution in [3.8, 4) is 5.75 Å². The maximum absolute atomic E-state index is 14.5. The van der Waals surface area contributed by atoms with Gasteiger partial charge in [-0.3, -0.25) is 9.69 Å². The summed E-state index contributed by atoms with van der Waals surface area (Å²) in [6.45, 7) is 0.328. The lowest BCUT2D eigenvalue weighted by Gasteiger charge is -2.36. The lowest BCUT2D eigenvalue weighted by molar-refractivity contribution is -0.130. The first-order chi connectivity index (χ1) is 15.7. The van der Waals surface area contributed by atoms with E-state index >= 15 is 0 Å². The number of fused-ring (bicyclic) bond motifs is 1. The fraction of sp³-hybridized carbons (Fsp3) is 0.348. The van der Waals surface area contributed by atoms with Gasteiger partial charge in [0.05, 0.1) is 29.4 Å². The lowest BCUT2D eigenvalue weighted by Crippen LogP contribution is -2.54. The van der Waals surface area contributed by atoms with Crippen molar-refractivity contribution in [1.82, 2.24) is 14.9 Å². The highest BCUT2D eigenvalue weighted by atomic mass is 35.5. The molecule has 8 nitrogen and oxygen atoms in total. The third-order valence-electron chi connectivity index (χ3n) is 6.30. The summed E-state index contributed by atoms with van der Waals surface area (Å²) in [6.07, 6.45) is 2.06. The van der Waals surface area contributed by atoms with Crippen molar-refractivity contribution in [1.29, 1.82) is 0 Å². The first-order valence-corrected chi connectivity index (χ1v) is 10.8. The Balaban J connectivity index is 1.73. The minimum atomic E-state index is -0.947. The molecular formula is C23H25ClFN5O3. The average molecular weight is 474 g/mol. The number of methoxy groups -OCH3 is 1. The number of hydrogen-bond donors (Lipinski definition) is 3. The van der Waals surface area contributed by atoms with Crippen LogP contribution < -0.4 is 15.8 Å². The first kappa shape index (κ1) is 23.2. The van der Waals surface area contributed by atoms with Gasteiger partial charge < -0.3 is 20.9 Å². The van der Waals surface area contributed by atoms with Crippen molar-refractivity contribution in [3.63, 3.8) is 0 Å². The van der Waals surface area contributed by atoms with Crippen LogP contribution in [0.15, 0.2) is 36.7 Å². The number of hydrogen-bond acceptors (Lipinski definition) is 7. The number of aromatic nitrogens is 2. The number of nitrogens with two attached hydrogens (primary N) is 1. The molecule has 3 aromatic rings. The molecule has 0 bridgehead atoms. The molecule has 33 heavy (non-hydrogen) atoms. The number of carbonyl (C=O) groups excluding carboxylic acids is 1. The third kappa shape index (κ3) is 4.31. The van der Waals surface area contributed by atoms with E-state index in [-0.39, 0.29) is 17.1 Å². The summed E-state index contributed by atoms with van der Waals surface area (Å²) in [7, 11) is 3.35. The number of carbonyl (C=O) groups is 1. The van der Waals surface area contributed by atoms with E-state index in [1.807, 2.05) is 11.0 Å². The Labute approximate surface area is 195 Å². The zero-order chi connectivity index (χ0) is 23.8. The number of likely N-dealkylation sites (N-methyl/N-ethyl adjacent to an activating group) is 1. The SMILES string of the molecule is COc1cc2ncnc(Nc3cccc(Cl)c3F)c2cc1CN(C)C1(C(N)=O)CC[C@@H](O)C1. The molecule has 4 N–H and O–H groups in total. The van der Waals surface area contributed by atoms with E-state index < -0.39 is 23.4 Å². The zero-order valence-electron chi connectivity index (χ0n) is 18.3. The molecule has 1 heterocycles. The van der Waals surface area contributed by atoms with E-state index in [9.17, 15) is 14.3 Å². The molecule has 1 amide bonds. The Morgan fingerprint density at radius 3 is 2.88 bits per heavy atom. The van der Waals surface area contributed by atoms with Crippen LogP contribution in [-0.4, -0.2) is 51.7 Å².